The van der Waals surface area contributed by atoms with E-state index in [0.717, 1.165) is 11.8 Å². The number of likely N-dealkylation sites (N-methyl/N-ethyl adjacent to an activating group) is 1. The van der Waals surface area contributed by atoms with Crippen molar-refractivity contribution < 1.29 is 0 Å². The van der Waals surface area contributed by atoms with Crippen LogP contribution in [-0.4, -0.2) is 31.1 Å². The van der Waals surface area contributed by atoms with Gasteiger partial charge in [0.2, 0.25) is 0 Å². The van der Waals surface area contributed by atoms with Gasteiger partial charge in [-0.3, -0.25) is 4.90 Å². The van der Waals surface area contributed by atoms with E-state index in [9.17, 15) is 0 Å². The molecule has 1 N–H and O–H groups in total. The molecule has 21 heavy (non-hydrogen) atoms. The Morgan fingerprint density at radius 2 is 1.71 bits per heavy atom. The third-order valence-electron chi connectivity index (χ3n) is 4.46. The maximum Gasteiger partial charge on any atom is 0.0478 e. The zero-order valence-corrected chi connectivity index (χ0v) is 14.4. The summed E-state index contributed by atoms with van der Waals surface area (Å²) in [5.41, 5.74) is 3.04. The molecule has 0 radical (unpaired) electrons. The normalized spacial score (nSPS) is 22.1. The topological polar surface area (TPSA) is 15.3 Å². The Hall–Kier alpha value is -0.860. The van der Waals surface area contributed by atoms with Crippen LogP contribution in [0.4, 0.5) is 0 Å². The van der Waals surface area contributed by atoms with Crippen molar-refractivity contribution >= 4 is 0 Å². The molecule has 0 bridgehead atoms. The zero-order valence-electron chi connectivity index (χ0n) is 14.4. The molecule has 0 saturated heterocycles. The molecular weight excluding hydrogens is 256 g/mol. The van der Waals surface area contributed by atoms with Gasteiger partial charge in [-0.2, -0.15) is 0 Å². The summed E-state index contributed by atoms with van der Waals surface area (Å²) in [7, 11) is 2.11. The minimum atomic E-state index is 0.465. The number of fused-ring (bicyclic) bond motifs is 1. The molecule has 0 saturated carbocycles. The molecule has 1 aromatic carbocycles. The van der Waals surface area contributed by atoms with Crippen LogP contribution >= 0.6 is 0 Å². The van der Waals surface area contributed by atoms with E-state index in [2.05, 4.69) is 69.2 Å². The molecule has 118 valence electrons. The van der Waals surface area contributed by atoms with E-state index in [0.29, 0.717) is 12.1 Å². The van der Waals surface area contributed by atoms with Crippen LogP contribution in [0, 0.1) is 11.8 Å². The predicted octanol–water partition coefficient (Wildman–Crippen LogP) is 3.88. The Balaban J connectivity index is 2.24. The first-order valence-electron chi connectivity index (χ1n) is 8.52. The molecule has 1 aliphatic rings. The van der Waals surface area contributed by atoms with E-state index in [-0.39, 0.29) is 0 Å². The minimum Gasteiger partial charge on any atom is -0.312 e. The van der Waals surface area contributed by atoms with E-state index in [1.165, 1.54) is 37.1 Å². The fraction of sp³-hybridized carbons (Fsp3) is 0.684. The van der Waals surface area contributed by atoms with Gasteiger partial charge >= 0.3 is 0 Å². The fourth-order valence-corrected chi connectivity index (χ4v) is 3.77. The largest absolute Gasteiger partial charge is 0.312 e. The van der Waals surface area contributed by atoms with Gasteiger partial charge in [-0.25, -0.2) is 0 Å². The fourth-order valence-electron chi connectivity index (χ4n) is 3.77. The maximum atomic E-state index is 3.60. The van der Waals surface area contributed by atoms with Gasteiger partial charge in [0.05, 0.1) is 0 Å². The zero-order chi connectivity index (χ0) is 15.4. The molecular formula is C19H32N2. The van der Waals surface area contributed by atoms with Crippen molar-refractivity contribution in [2.75, 3.05) is 20.1 Å². The van der Waals surface area contributed by atoms with Gasteiger partial charge in [0.25, 0.3) is 0 Å². The number of benzene rings is 1. The Bertz CT molecular complexity index is 429. The highest BCUT2D eigenvalue weighted by atomic mass is 15.2. The van der Waals surface area contributed by atoms with Crippen molar-refractivity contribution in [1.29, 1.82) is 0 Å². The Morgan fingerprint density at radius 1 is 1.10 bits per heavy atom. The number of hydrogen-bond donors (Lipinski definition) is 1. The molecule has 0 spiro atoms. The first-order valence-corrected chi connectivity index (χ1v) is 8.52. The molecule has 2 heteroatoms. The summed E-state index contributed by atoms with van der Waals surface area (Å²) in [6.07, 6.45) is 2.48. The summed E-state index contributed by atoms with van der Waals surface area (Å²) in [6.45, 7) is 11.7. The van der Waals surface area contributed by atoms with Crippen molar-refractivity contribution in [2.24, 2.45) is 11.8 Å². The molecule has 0 aliphatic heterocycles. The monoisotopic (exact) mass is 288 g/mol. The third kappa shape index (κ3) is 4.08. The van der Waals surface area contributed by atoms with Gasteiger partial charge in [0.1, 0.15) is 0 Å². The first-order chi connectivity index (χ1) is 10.0. The molecule has 2 unspecified atom stereocenters. The van der Waals surface area contributed by atoms with Crippen LogP contribution in [0.25, 0.3) is 0 Å². The average Bonchev–Trinajstić information content (AvgIpc) is 2.44. The van der Waals surface area contributed by atoms with Crippen molar-refractivity contribution in [3.8, 4) is 0 Å². The summed E-state index contributed by atoms with van der Waals surface area (Å²) in [5, 5.41) is 3.60. The minimum absolute atomic E-state index is 0.465. The van der Waals surface area contributed by atoms with Gasteiger partial charge in [0.15, 0.2) is 0 Å². The van der Waals surface area contributed by atoms with Crippen LogP contribution in [0.5, 0.6) is 0 Å². The second kappa shape index (κ2) is 7.42. The standard InChI is InChI=1S/C19H32N2/c1-14(2)12-21(13-15(3)4)18-11-10-16-8-6-7-9-17(16)19(18)20-5/h6-9,14-15,18-20H,10-13H2,1-5H3. The van der Waals surface area contributed by atoms with Gasteiger partial charge < -0.3 is 5.32 Å². The van der Waals surface area contributed by atoms with E-state index in [1.807, 2.05) is 0 Å². The number of nitrogens with one attached hydrogen (secondary N) is 1. The second-order valence-electron chi connectivity index (χ2n) is 7.31. The van der Waals surface area contributed by atoms with E-state index >= 15 is 0 Å². The first kappa shape index (κ1) is 16.5. The van der Waals surface area contributed by atoms with Gasteiger partial charge in [-0.1, -0.05) is 52.0 Å². The highest BCUT2D eigenvalue weighted by molar-refractivity contribution is 5.34. The summed E-state index contributed by atoms with van der Waals surface area (Å²) in [4.78, 5) is 2.73. The lowest BCUT2D eigenvalue weighted by Crippen LogP contribution is -2.49. The summed E-state index contributed by atoms with van der Waals surface area (Å²) in [6, 6.07) is 10.0. The highest BCUT2D eigenvalue weighted by Gasteiger charge is 2.32. The molecule has 0 aromatic heterocycles. The number of aryl methyl sites for hydroxylation is 1. The summed E-state index contributed by atoms with van der Waals surface area (Å²) in [5.74, 6) is 1.44. The molecule has 1 aliphatic carbocycles. The molecule has 1 aromatic rings. The molecule has 2 nitrogen and oxygen atoms in total. The molecule has 2 atom stereocenters. The maximum absolute atomic E-state index is 3.60. The van der Waals surface area contributed by atoms with E-state index < -0.39 is 0 Å². The number of hydrogen-bond acceptors (Lipinski definition) is 2. The predicted molar refractivity (Wildman–Crippen MR) is 91.6 cm³/mol. The summed E-state index contributed by atoms with van der Waals surface area (Å²) >= 11 is 0. The molecule has 2 rings (SSSR count). The van der Waals surface area contributed by atoms with Crippen molar-refractivity contribution in [3.05, 3.63) is 35.4 Å². The average molecular weight is 288 g/mol. The second-order valence-corrected chi connectivity index (χ2v) is 7.31. The van der Waals surface area contributed by atoms with E-state index in [4.69, 9.17) is 0 Å². The molecule has 0 amide bonds. The SMILES string of the molecule is CNC1c2ccccc2CCC1N(CC(C)C)CC(C)C. The van der Waals surface area contributed by atoms with E-state index in [1.54, 1.807) is 0 Å². The highest BCUT2D eigenvalue weighted by Crippen LogP contribution is 2.33. The lowest BCUT2D eigenvalue weighted by atomic mass is 9.82. The van der Waals surface area contributed by atoms with Crippen molar-refractivity contribution in [2.45, 2.75) is 52.6 Å². The quantitative estimate of drug-likeness (QED) is 0.854. The van der Waals surface area contributed by atoms with Gasteiger partial charge in [-0.05, 0) is 42.9 Å². The Labute approximate surface area is 130 Å². The summed E-state index contributed by atoms with van der Waals surface area (Å²) < 4.78 is 0. The van der Waals surface area contributed by atoms with Crippen molar-refractivity contribution in [1.82, 2.24) is 10.2 Å². The van der Waals surface area contributed by atoms with Gasteiger partial charge in [0, 0.05) is 25.2 Å². The van der Waals surface area contributed by atoms with Crippen LogP contribution in [0.2, 0.25) is 0 Å². The van der Waals surface area contributed by atoms with Crippen LogP contribution in [0.1, 0.15) is 51.3 Å². The lowest BCUT2D eigenvalue weighted by molar-refractivity contribution is 0.114. The Morgan fingerprint density at radius 3 is 2.29 bits per heavy atom. The lowest BCUT2D eigenvalue weighted by Gasteiger charge is -2.42. The van der Waals surface area contributed by atoms with Crippen molar-refractivity contribution in [3.63, 3.8) is 0 Å². The van der Waals surface area contributed by atoms with Crippen LogP contribution in [-0.2, 0) is 6.42 Å². The Kier molecular flexibility index (Phi) is 5.83. The van der Waals surface area contributed by atoms with Crippen LogP contribution in [0.3, 0.4) is 0 Å². The van der Waals surface area contributed by atoms with Crippen LogP contribution < -0.4 is 5.32 Å². The third-order valence-corrected chi connectivity index (χ3v) is 4.46. The smallest absolute Gasteiger partial charge is 0.0478 e. The van der Waals surface area contributed by atoms with Gasteiger partial charge in [-0.15, -0.1) is 0 Å². The number of nitrogens with zero attached hydrogens (tertiary/aromatic N) is 1. The molecule has 0 fully saturated rings. The van der Waals surface area contributed by atoms with Crippen LogP contribution in [0.15, 0.2) is 24.3 Å². The number of rotatable bonds is 6. The molecule has 0 heterocycles.